The first-order valence-corrected chi connectivity index (χ1v) is 6.37. The SMILES string of the molecule is O=C(Nc1ccc(O)cc1)Nc1cc(C(F)(F)F)ccc1Cl. The molecule has 22 heavy (non-hydrogen) atoms. The standard InChI is InChI=1S/C14H10ClF3N2O2/c15-11-6-1-8(14(16,17)18)7-12(11)20-13(22)19-9-2-4-10(21)5-3-9/h1-7,21H,(H2,19,20,22). The van der Waals surface area contributed by atoms with E-state index < -0.39 is 17.8 Å². The highest BCUT2D eigenvalue weighted by molar-refractivity contribution is 6.33. The fourth-order valence-corrected chi connectivity index (χ4v) is 1.79. The van der Waals surface area contributed by atoms with Crippen LogP contribution in [0.5, 0.6) is 5.75 Å². The average molecular weight is 331 g/mol. The van der Waals surface area contributed by atoms with Gasteiger partial charge in [0.05, 0.1) is 16.3 Å². The number of carbonyl (C=O) groups excluding carboxylic acids is 1. The number of rotatable bonds is 2. The predicted molar refractivity (Wildman–Crippen MR) is 77.2 cm³/mol. The number of halogens is 4. The van der Waals surface area contributed by atoms with Gasteiger partial charge in [-0.1, -0.05) is 11.6 Å². The molecule has 2 aromatic rings. The number of phenols is 1. The Hall–Kier alpha value is -2.41. The normalized spacial score (nSPS) is 11.1. The van der Waals surface area contributed by atoms with Crippen LogP contribution in [0.2, 0.25) is 5.02 Å². The summed E-state index contributed by atoms with van der Waals surface area (Å²) >= 11 is 5.77. The molecule has 4 nitrogen and oxygen atoms in total. The van der Waals surface area contributed by atoms with Gasteiger partial charge in [-0.15, -0.1) is 0 Å². The summed E-state index contributed by atoms with van der Waals surface area (Å²) in [6.07, 6.45) is -4.53. The molecule has 2 amide bonds. The number of alkyl halides is 3. The second-order valence-corrected chi connectivity index (χ2v) is 4.73. The van der Waals surface area contributed by atoms with E-state index in [1.807, 2.05) is 0 Å². The number of phenolic OH excluding ortho intramolecular Hbond substituents is 1. The maximum Gasteiger partial charge on any atom is 0.416 e. The van der Waals surface area contributed by atoms with Crippen molar-refractivity contribution < 1.29 is 23.1 Å². The van der Waals surface area contributed by atoms with Crippen LogP contribution >= 0.6 is 11.6 Å². The zero-order chi connectivity index (χ0) is 16.3. The smallest absolute Gasteiger partial charge is 0.416 e. The van der Waals surface area contributed by atoms with E-state index in [4.69, 9.17) is 16.7 Å². The topological polar surface area (TPSA) is 61.4 Å². The van der Waals surface area contributed by atoms with Crippen LogP contribution in [0, 0.1) is 0 Å². The van der Waals surface area contributed by atoms with Gasteiger partial charge < -0.3 is 15.7 Å². The van der Waals surface area contributed by atoms with Crippen molar-refractivity contribution in [1.29, 1.82) is 0 Å². The summed E-state index contributed by atoms with van der Waals surface area (Å²) in [7, 11) is 0. The van der Waals surface area contributed by atoms with Gasteiger partial charge in [0.15, 0.2) is 0 Å². The van der Waals surface area contributed by atoms with E-state index in [0.717, 1.165) is 18.2 Å². The molecule has 0 aromatic heterocycles. The largest absolute Gasteiger partial charge is 0.508 e. The number of amides is 2. The van der Waals surface area contributed by atoms with E-state index in [1.165, 1.54) is 24.3 Å². The molecule has 0 aliphatic heterocycles. The van der Waals surface area contributed by atoms with E-state index in [1.54, 1.807) is 0 Å². The van der Waals surface area contributed by atoms with Crippen LogP contribution in [0.25, 0.3) is 0 Å². The molecule has 0 aliphatic rings. The lowest BCUT2D eigenvalue weighted by Crippen LogP contribution is -2.20. The minimum Gasteiger partial charge on any atom is -0.508 e. The predicted octanol–water partition coefficient (Wildman–Crippen LogP) is 4.71. The lowest BCUT2D eigenvalue weighted by atomic mass is 10.2. The van der Waals surface area contributed by atoms with Gasteiger partial charge in [-0.3, -0.25) is 0 Å². The summed E-state index contributed by atoms with van der Waals surface area (Å²) in [6, 6.07) is 7.45. The monoisotopic (exact) mass is 330 g/mol. The van der Waals surface area contributed by atoms with Crippen LogP contribution in [0.4, 0.5) is 29.3 Å². The number of anilines is 2. The lowest BCUT2D eigenvalue weighted by molar-refractivity contribution is -0.137. The molecule has 0 aliphatic carbocycles. The summed E-state index contributed by atoms with van der Waals surface area (Å²) in [5.41, 5.74) is -0.719. The first-order chi connectivity index (χ1) is 10.3. The molecule has 2 rings (SSSR count). The summed E-state index contributed by atoms with van der Waals surface area (Å²) < 4.78 is 37.9. The van der Waals surface area contributed by atoms with Gasteiger partial charge in [0.25, 0.3) is 0 Å². The Labute approximate surface area is 128 Å². The third-order valence-corrected chi connectivity index (χ3v) is 3.00. The van der Waals surface area contributed by atoms with E-state index in [-0.39, 0.29) is 16.5 Å². The van der Waals surface area contributed by atoms with Crippen LogP contribution in [-0.4, -0.2) is 11.1 Å². The highest BCUT2D eigenvalue weighted by Gasteiger charge is 2.31. The average Bonchev–Trinajstić information content (AvgIpc) is 2.42. The van der Waals surface area contributed by atoms with Gasteiger partial charge in [-0.05, 0) is 42.5 Å². The van der Waals surface area contributed by atoms with Crippen molar-refractivity contribution in [1.82, 2.24) is 0 Å². The Morgan fingerprint density at radius 1 is 1.05 bits per heavy atom. The number of hydrogen-bond acceptors (Lipinski definition) is 2. The zero-order valence-corrected chi connectivity index (χ0v) is 11.7. The maximum absolute atomic E-state index is 12.6. The minimum absolute atomic E-state index is 0.0196. The van der Waals surface area contributed by atoms with Crippen molar-refractivity contribution in [2.45, 2.75) is 6.18 Å². The fraction of sp³-hybridized carbons (Fsp3) is 0.0714. The van der Waals surface area contributed by atoms with Crippen molar-refractivity contribution in [3.63, 3.8) is 0 Å². The molecule has 8 heteroatoms. The fourth-order valence-electron chi connectivity index (χ4n) is 1.63. The molecule has 0 saturated carbocycles. The molecular formula is C14H10ClF3N2O2. The molecular weight excluding hydrogens is 321 g/mol. The lowest BCUT2D eigenvalue weighted by Gasteiger charge is -2.12. The summed E-state index contributed by atoms with van der Waals surface area (Å²) in [5, 5.41) is 13.7. The third-order valence-electron chi connectivity index (χ3n) is 2.67. The number of benzene rings is 2. The Morgan fingerprint density at radius 3 is 2.27 bits per heavy atom. The molecule has 2 aromatic carbocycles. The Morgan fingerprint density at radius 2 is 1.68 bits per heavy atom. The van der Waals surface area contributed by atoms with E-state index in [9.17, 15) is 18.0 Å². The maximum atomic E-state index is 12.6. The summed E-state index contributed by atoms with van der Waals surface area (Å²) in [5.74, 6) is 0.0203. The van der Waals surface area contributed by atoms with Crippen molar-refractivity contribution in [3.05, 3.63) is 53.1 Å². The summed E-state index contributed by atoms with van der Waals surface area (Å²) in [6.45, 7) is 0. The van der Waals surface area contributed by atoms with Gasteiger partial charge in [-0.2, -0.15) is 13.2 Å². The molecule has 0 spiro atoms. The molecule has 0 bridgehead atoms. The van der Waals surface area contributed by atoms with E-state index in [0.29, 0.717) is 5.69 Å². The molecule has 0 saturated heterocycles. The first-order valence-electron chi connectivity index (χ1n) is 5.99. The molecule has 116 valence electrons. The molecule has 0 unspecified atom stereocenters. The molecule has 0 radical (unpaired) electrons. The zero-order valence-electron chi connectivity index (χ0n) is 10.9. The Bertz CT molecular complexity index is 687. The number of hydrogen-bond donors (Lipinski definition) is 3. The number of aromatic hydroxyl groups is 1. The van der Waals surface area contributed by atoms with Crippen LogP contribution < -0.4 is 10.6 Å². The summed E-state index contributed by atoms with van der Waals surface area (Å²) in [4.78, 5) is 11.8. The highest BCUT2D eigenvalue weighted by atomic mass is 35.5. The quantitative estimate of drug-likeness (QED) is 0.698. The molecule has 3 N–H and O–H groups in total. The minimum atomic E-state index is -4.53. The second-order valence-electron chi connectivity index (χ2n) is 4.32. The van der Waals surface area contributed by atoms with Crippen molar-refractivity contribution in [2.75, 3.05) is 10.6 Å². The van der Waals surface area contributed by atoms with Crippen LogP contribution in [-0.2, 0) is 6.18 Å². The molecule has 0 atom stereocenters. The second kappa shape index (κ2) is 6.15. The highest BCUT2D eigenvalue weighted by Crippen LogP contribution is 2.33. The van der Waals surface area contributed by atoms with Crippen molar-refractivity contribution >= 4 is 29.0 Å². The van der Waals surface area contributed by atoms with Gasteiger partial charge in [0, 0.05) is 5.69 Å². The van der Waals surface area contributed by atoms with Crippen molar-refractivity contribution in [3.8, 4) is 5.75 Å². The van der Waals surface area contributed by atoms with Crippen LogP contribution in [0.15, 0.2) is 42.5 Å². The van der Waals surface area contributed by atoms with Gasteiger partial charge in [0.1, 0.15) is 5.75 Å². The van der Waals surface area contributed by atoms with Gasteiger partial charge >= 0.3 is 12.2 Å². The Kier molecular flexibility index (Phi) is 4.46. The van der Waals surface area contributed by atoms with Crippen molar-refractivity contribution in [2.24, 2.45) is 0 Å². The van der Waals surface area contributed by atoms with E-state index in [2.05, 4.69) is 10.6 Å². The van der Waals surface area contributed by atoms with Crippen LogP contribution in [0.1, 0.15) is 5.56 Å². The number of carbonyl (C=O) groups is 1. The van der Waals surface area contributed by atoms with Crippen LogP contribution in [0.3, 0.4) is 0 Å². The van der Waals surface area contributed by atoms with Gasteiger partial charge in [0.2, 0.25) is 0 Å². The number of nitrogens with one attached hydrogen (secondary N) is 2. The van der Waals surface area contributed by atoms with Gasteiger partial charge in [-0.25, -0.2) is 4.79 Å². The van der Waals surface area contributed by atoms with E-state index >= 15 is 0 Å². The Balaban J connectivity index is 2.12. The number of urea groups is 1. The molecule has 0 fully saturated rings. The molecule has 0 heterocycles. The first kappa shape index (κ1) is 16.0. The third kappa shape index (κ3) is 4.05.